The third kappa shape index (κ3) is 11.5. The predicted octanol–water partition coefficient (Wildman–Crippen LogP) is 8.74. The fourth-order valence-corrected chi connectivity index (χ4v) is 4.08. The van der Waals surface area contributed by atoms with Crippen molar-refractivity contribution in [2.24, 2.45) is 5.73 Å². The summed E-state index contributed by atoms with van der Waals surface area (Å²) in [6.45, 7) is 18.1. The van der Waals surface area contributed by atoms with E-state index in [-0.39, 0.29) is 0 Å². The highest BCUT2D eigenvalue weighted by atomic mass is 32.2. The van der Waals surface area contributed by atoms with Crippen LogP contribution < -0.4 is 5.73 Å². The highest BCUT2D eigenvalue weighted by molar-refractivity contribution is 8.25. The van der Waals surface area contributed by atoms with Gasteiger partial charge < -0.3 is 5.73 Å². The highest BCUT2D eigenvalue weighted by Gasteiger charge is 2.03. The number of hydrogen-bond donors (Lipinski definition) is 1. The number of unbranched alkanes of at least 4 members (excludes halogenated alkanes) is 1. The summed E-state index contributed by atoms with van der Waals surface area (Å²) >= 11 is 6.82. The van der Waals surface area contributed by atoms with Gasteiger partial charge in [-0.05, 0) is 87.3 Å². The van der Waals surface area contributed by atoms with Crippen LogP contribution in [-0.2, 0) is 12.8 Å². The average Bonchev–Trinajstić information content (AvgIpc) is 2.72. The minimum absolute atomic E-state index is 0.807. The van der Waals surface area contributed by atoms with E-state index in [0.717, 1.165) is 39.6 Å². The Bertz CT molecular complexity index is 936. The highest BCUT2D eigenvalue weighted by Crippen LogP contribution is 2.27. The Morgan fingerprint density at radius 3 is 2.16 bits per heavy atom. The number of nitrogens with two attached hydrogens (primary N) is 1. The second kappa shape index (κ2) is 14.9. The Hall–Kier alpha value is -2.10. The van der Waals surface area contributed by atoms with Gasteiger partial charge in [-0.3, -0.25) is 0 Å². The molecular formula is C29H39NS2. The number of hydrogen-bond acceptors (Lipinski definition) is 3. The molecule has 2 N–H and O–H groups in total. The summed E-state index contributed by atoms with van der Waals surface area (Å²) in [6, 6.07) is 15.5. The van der Waals surface area contributed by atoms with E-state index in [9.17, 15) is 0 Å². The smallest absolute Gasteiger partial charge is 0.0496 e. The molecule has 3 heteroatoms. The molecule has 32 heavy (non-hydrogen) atoms. The number of benzene rings is 2. The summed E-state index contributed by atoms with van der Waals surface area (Å²) in [5.41, 5.74) is 13.9. The first-order valence-corrected chi connectivity index (χ1v) is 12.5. The van der Waals surface area contributed by atoms with Crippen LogP contribution in [0.25, 0.3) is 6.08 Å². The Balaban J connectivity index is 0.000000633. The van der Waals surface area contributed by atoms with Gasteiger partial charge in [0.1, 0.15) is 0 Å². The largest absolute Gasteiger partial charge is 0.403 e. The normalized spacial score (nSPS) is 10.8. The first-order chi connectivity index (χ1) is 15.1. The van der Waals surface area contributed by atoms with E-state index in [0.29, 0.717) is 0 Å². The summed E-state index contributed by atoms with van der Waals surface area (Å²) in [6.07, 6.45) is 7.67. The molecule has 0 saturated heterocycles. The molecule has 0 bridgehead atoms. The minimum Gasteiger partial charge on any atom is -0.403 e. The van der Waals surface area contributed by atoms with Crippen molar-refractivity contribution >= 4 is 34.3 Å². The van der Waals surface area contributed by atoms with Crippen LogP contribution in [0.5, 0.6) is 0 Å². The minimum atomic E-state index is 0.807. The maximum atomic E-state index is 5.28. The molecule has 0 amide bonds. The molecule has 0 aliphatic rings. The van der Waals surface area contributed by atoms with Crippen molar-refractivity contribution in [3.05, 3.63) is 99.6 Å². The SMILES string of the molecule is C=C(C)/C(=C/c1ccc(CCc2ccc(C)cc2C)cc1)SC(C)=S.C=C(N)CCCC. The number of thioether (sulfide) groups is 1. The van der Waals surface area contributed by atoms with Gasteiger partial charge in [-0.2, -0.15) is 0 Å². The van der Waals surface area contributed by atoms with Gasteiger partial charge in [0.25, 0.3) is 0 Å². The number of allylic oxidation sites excluding steroid dienone is 2. The summed E-state index contributed by atoms with van der Waals surface area (Å²) < 4.78 is 0.916. The summed E-state index contributed by atoms with van der Waals surface area (Å²) in [5.74, 6) is 0. The van der Waals surface area contributed by atoms with Crippen LogP contribution in [0.1, 0.15) is 67.9 Å². The van der Waals surface area contributed by atoms with E-state index in [4.69, 9.17) is 18.0 Å². The molecule has 2 aromatic carbocycles. The molecule has 0 aliphatic heterocycles. The maximum absolute atomic E-state index is 5.28. The molecule has 0 fully saturated rings. The molecule has 172 valence electrons. The Morgan fingerprint density at radius 1 is 1.03 bits per heavy atom. The van der Waals surface area contributed by atoms with Crippen LogP contribution >= 0.6 is 24.0 Å². The molecule has 0 aromatic heterocycles. The fraction of sp³-hybridized carbons (Fsp3) is 0.345. The summed E-state index contributed by atoms with van der Waals surface area (Å²) in [4.78, 5) is 1.13. The molecule has 0 atom stereocenters. The average molecular weight is 466 g/mol. The van der Waals surface area contributed by atoms with E-state index in [1.807, 2.05) is 13.8 Å². The topological polar surface area (TPSA) is 26.0 Å². The van der Waals surface area contributed by atoms with Crippen molar-refractivity contribution in [2.75, 3.05) is 0 Å². The second-order valence-corrected chi connectivity index (χ2v) is 10.4. The van der Waals surface area contributed by atoms with Crippen molar-refractivity contribution < 1.29 is 0 Å². The molecule has 1 nitrogen and oxygen atoms in total. The van der Waals surface area contributed by atoms with Gasteiger partial charge in [0.2, 0.25) is 0 Å². The van der Waals surface area contributed by atoms with Crippen LogP contribution in [0.4, 0.5) is 0 Å². The molecule has 0 saturated carbocycles. The van der Waals surface area contributed by atoms with Crippen LogP contribution in [0.15, 0.2) is 71.8 Å². The van der Waals surface area contributed by atoms with Gasteiger partial charge in [0.05, 0.1) is 0 Å². The van der Waals surface area contributed by atoms with Gasteiger partial charge in [-0.25, -0.2) is 0 Å². The number of thiocarbonyl (C=S) groups is 1. The third-order valence-corrected chi connectivity index (χ3v) is 6.21. The van der Waals surface area contributed by atoms with Crippen molar-refractivity contribution in [1.29, 1.82) is 0 Å². The molecular weight excluding hydrogens is 426 g/mol. The zero-order valence-corrected chi connectivity index (χ0v) is 22.1. The van der Waals surface area contributed by atoms with E-state index >= 15 is 0 Å². The van der Waals surface area contributed by atoms with Gasteiger partial charge in [0.15, 0.2) is 0 Å². The summed E-state index contributed by atoms with van der Waals surface area (Å²) in [5, 5.41) is 0. The molecule has 0 unspecified atom stereocenters. The Labute approximate surface area is 205 Å². The van der Waals surface area contributed by atoms with E-state index < -0.39 is 0 Å². The first kappa shape index (κ1) is 27.9. The van der Waals surface area contributed by atoms with Crippen LogP contribution in [0.3, 0.4) is 0 Å². The molecule has 0 radical (unpaired) electrons. The van der Waals surface area contributed by atoms with Gasteiger partial charge in [-0.15, -0.1) is 0 Å². The molecule has 0 aliphatic carbocycles. The number of aryl methyl sites for hydroxylation is 4. The van der Waals surface area contributed by atoms with Crippen molar-refractivity contribution in [3.8, 4) is 0 Å². The standard InChI is InChI=1S/C23H26S2.C6H13N/c1-16(2)23(25-19(5)24)15-21-9-7-20(8-10-21)11-13-22-12-6-17(3)14-18(22)4;1-3-4-5-6(2)7/h6-10,12,14-15H,1,11,13H2,2-5H3;2-5,7H2,1H3/b23-15-;. The van der Waals surface area contributed by atoms with Crippen LogP contribution in [0, 0.1) is 13.8 Å². The number of rotatable bonds is 9. The Kier molecular flexibility index (Phi) is 13.0. The van der Waals surface area contributed by atoms with E-state index in [1.54, 1.807) is 11.8 Å². The molecule has 0 heterocycles. The van der Waals surface area contributed by atoms with Crippen molar-refractivity contribution in [1.82, 2.24) is 0 Å². The molecule has 2 aromatic rings. The fourth-order valence-electron chi connectivity index (χ4n) is 3.14. The Morgan fingerprint density at radius 2 is 1.69 bits per heavy atom. The molecule has 2 rings (SSSR count). The summed E-state index contributed by atoms with van der Waals surface area (Å²) in [7, 11) is 0. The first-order valence-electron chi connectivity index (χ1n) is 11.3. The lowest BCUT2D eigenvalue weighted by Gasteiger charge is -2.08. The van der Waals surface area contributed by atoms with Crippen LogP contribution in [0.2, 0.25) is 0 Å². The van der Waals surface area contributed by atoms with E-state index in [1.165, 1.54) is 40.7 Å². The zero-order chi connectivity index (χ0) is 24.1. The predicted molar refractivity (Wildman–Crippen MR) is 151 cm³/mol. The van der Waals surface area contributed by atoms with Crippen molar-refractivity contribution in [2.45, 2.75) is 66.7 Å². The second-order valence-electron chi connectivity index (χ2n) is 8.32. The van der Waals surface area contributed by atoms with Gasteiger partial charge >= 0.3 is 0 Å². The zero-order valence-electron chi connectivity index (χ0n) is 20.5. The van der Waals surface area contributed by atoms with Gasteiger partial charge in [0, 0.05) is 14.8 Å². The lowest BCUT2D eigenvalue weighted by atomic mass is 9.98. The van der Waals surface area contributed by atoms with Gasteiger partial charge in [-0.1, -0.05) is 98.5 Å². The third-order valence-electron chi connectivity index (χ3n) is 4.98. The monoisotopic (exact) mass is 465 g/mol. The quantitative estimate of drug-likeness (QED) is 0.296. The lowest BCUT2D eigenvalue weighted by Crippen LogP contribution is -1.95. The van der Waals surface area contributed by atoms with Crippen molar-refractivity contribution in [3.63, 3.8) is 0 Å². The van der Waals surface area contributed by atoms with Crippen LogP contribution in [-0.4, -0.2) is 4.20 Å². The maximum Gasteiger partial charge on any atom is 0.0496 e. The lowest BCUT2D eigenvalue weighted by molar-refractivity contribution is 0.783. The van der Waals surface area contributed by atoms with E-state index in [2.05, 4.69) is 82.5 Å². The molecule has 0 spiro atoms.